The number of amides is 1. The molecule has 0 aliphatic carbocycles. The summed E-state index contributed by atoms with van der Waals surface area (Å²) in [6.07, 6.45) is -9.24. The molecule has 3 aromatic carbocycles. The van der Waals surface area contributed by atoms with Gasteiger partial charge in [0.1, 0.15) is 6.54 Å². The number of sulfonamides is 1. The number of nitrogens with zero attached hydrogens (tertiary/aromatic N) is 3. The van der Waals surface area contributed by atoms with E-state index in [2.05, 4.69) is 0 Å². The Hall–Kier alpha value is -3.74. The summed E-state index contributed by atoms with van der Waals surface area (Å²) in [4.78, 5) is 16.0. The third-order valence-electron chi connectivity index (χ3n) is 6.24. The number of hydrogen-bond acceptors (Lipinski definition) is 4. The second kappa shape index (κ2) is 10.8. The highest BCUT2D eigenvalue weighted by Gasteiger charge is 2.35. The van der Waals surface area contributed by atoms with Crippen molar-refractivity contribution in [1.29, 1.82) is 0 Å². The highest BCUT2D eigenvalue weighted by molar-refractivity contribution is 7.92. The lowest BCUT2D eigenvalue weighted by molar-refractivity contribution is -0.138. The van der Waals surface area contributed by atoms with E-state index in [1.165, 1.54) is 47.4 Å². The second-order valence-corrected chi connectivity index (χ2v) is 10.7. The average Bonchev–Trinajstić information content (AvgIpc) is 2.91. The van der Waals surface area contributed by atoms with Gasteiger partial charge in [-0.05, 0) is 48.5 Å². The molecule has 13 heteroatoms. The Balaban J connectivity index is 1.55. The summed E-state index contributed by atoms with van der Waals surface area (Å²) < 4.78 is 107. The molecule has 0 N–H and O–H groups in total. The number of piperazine rings is 1. The maximum atomic E-state index is 13.4. The monoisotopic (exact) mass is 571 g/mol. The van der Waals surface area contributed by atoms with E-state index in [1.807, 2.05) is 0 Å². The van der Waals surface area contributed by atoms with Crippen LogP contribution in [-0.2, 0) is 27.2 Å². The largest absolute Gasteiger partial charge is 0.416 e. The molecule has 0 bridgehead atoms. The lowest BCUT2D eigenvalue weighted by atomic mass is 10.1. The van der Waals surface area contributed by atoms with Crippen LogP contribution in [0.3, 0.4) is 0 Å². The molecular formula is C26H23F6N3O3S. The summed E-state index contributed by atoms with van der Waals surface area (Å²) in [5.74, 6) is -0.657. The van der Waals surface area contributed by atoms with Crippen molar-refractivity contribution in [2.45, 2.75) is 17.2 Å². The Labute approximate surface area is 221 Å². The minimum atomic E-state index is -4.73. The van der Waals surface area contributed by atoms with Crippen LogP contribution in [0, 0.1) is 0 Å². The molecule has 208 valence electrons. The standard InChI is InChI=1S/C26H23F6N3O3S/c27-25(28,29)19-6-4-8-21(16-19)33-12-14-34(15-13-33)24(36)18-35(39(37,38)23-10-2-1-3-11-23)22-9-5-7-20(17-22)26(30,31)32/h1-11,16-17H,12-15,18H2. The van der Waals surface area contributed by atoms with Gasteiger partial charge in [-0.1, -0.05) is 30.3 Å². The summed E-state index contributed by atoms with van der Waals surface area (Å²) in [6, 6.07) is 15.5. The Bertz CT molecular complexity index is 1420. The molecule has 4 rings (SSSR count). The van der Waals surface area contributed by atoms with Crippen LogP contribution < -0.4 is 9.21 Å². The third-order valence-corrected chi connectivity index (χ3v) is 8.03. The minimum absolute atomic E-state index is 0.0803. The molecule has 1 aliphatic rings. The first-order chi connectivity index (χ1) is 18.3. The molecule has 1 saturated heterocycles. The quantitative estimate of drug-likeness (QED) is 0.379. The summed E-state index contributed by atoms with van der Waals surface area (Å²) >= 11 is 0. The molecule has 0 radical (unpaired) electrons. The molecule has 0 aromatic heterocycles. The molecule has 0 atom stereocenters. The van der Waals surface area contributed by atoms with Crippen molar-refractivity contribution in [3.8, 4) is 0 Å². The van der Waals surface area contributed by atoms with E-state index in [-0.39, 0.29) is 36.8 Å². The molecule has 6 nitrogen and oxygen atoms in total. The second-order valence-electron chi connectivity index (χ2n) is 8.79. The first-order valence-electron chi connectivity index (χ1n) is 11.7. The van der Waals surface area contributed by atoms with Crippen LogP contribution >= 0.6 is 0 Å². The predicted octanol–water partition coefficient (Wildman–Crippen LogP) is 5.27. The van der Waals surface area contributed by atoms with E-state index in [0.29, 0.717) is 16.1 Å². The zero-order valence-corrected chi connectivity index (χ0v) is 21.1. The Kier molecular flexibility index (Phi) is 7.82. The molecular weight excluding hydrogens is 548 g/mol. The fourth-order valence-electron chi connectivity index (χ4n) is 4.19. The van der Waals surface area contributed by atoms with Crippen molar-refractivity contribution in [1.82, 2.24) is 4.90 Å². The van der Waals surface area contributed by atoms with Crippen LogP contribution in [0.1, 0.15) is 11.1 Å². The van der Waals surface area contributed by atoms with Gasteiger partial charge in [0.15, 0.2) is 0 Å². The first kappa shape index (κ1) is 28.3. The van der Waals surface area contributed by atoms with Crippen molar-refractivity contribution in [3.63, 3.8) is 0 Å². The molecule has 0 saturated carbocycles. The summed E-state index contributed by atoms with van der Waals surface area (Å²) in [5.41, 5.74) is -1.88. The molecule has 1 amide bonds. The van der Waals surface area contributed by atoms with Crippen molar-refractivity contribution >= 4 is 27.3 Å². The van der Waals surface area contributed by atoms with E-state index in [9.17, 15) is 39.6 Å². The minimum Gasteiger partial charge on any atom is -0.368 e. The molecule has 0 unspecified atom stereocenters. The topological polar surface area (TPSA) is 60.9 Å². The van der Waals surface area contributed by atoms with Gasteiger partial charge >= 0.3 is 12.4 Å². The van der Waals surface area contributed by atoms with Gasteiger partial charge in [-0.3, -0.25) is 9.10 Å². The van der Waals surface area contributed by atoms with Gasteiger partial charge < -0.3 is 9.80 Å². The van der Waals surface area contributed by atoms with Gasteiger partial charge in [0.25, 0.3) is 10.0 Å². The van der Waals surface area contributed by atoms with Crippen molar-refractivity contribution in [2.24, 2.45) is 0 Å². The normalized spacial score (nSPS) is 14.8. The van der Waals surface area contributed by atoms with Gasteiger partial charge in [-0.2, -0.15) is 26.3 Å². The fourth-order valence-corrected chi connectivity index (χ4v) is 5.62. The smallest absolute Gasteiger partial charge is 0.368 e. The number of alkyl halides is 6. The maximum absolute atomic E-state index is 13.4. The van der Waals surface area contributed by atoms with Crippen LogP contribution in [0.5, 0.6) is 0 Å². The maximum Gasteiger partial charge on any atom is 0.416 e. The molecule has 1 heterocycles. The lowest BCUT2D eigenvalue weighted by Gasteiger charge is -2.37. The predicted molar refractivity (Wildman–Crippen MR) is 133 cm³/mol. The first-order valence-corrected chi connectivity index (χ1v) is 13.2. The van der Waals surface area contributed by atoms with Gasteiger partial charge in [0.2, 0.25) is 5.91 Å². The van der Waals surface area contributed by atoms with Gasteiger partial charge in [-0.25, -0.2) is 8.42 Å². The molecule has 3 aromatic rings. The van der Waals surface area contributed by atoms with E-state index in [1.54, 1.807) is 11.0 Å². The number of halogens is 6. The highest BCUT2D eigenvalue weighted by Crippen LogP contribution is 2.34. The number of carbonyl (C=O) groups is 1. The van der Waals surface area contributed by atoms with Crippen LogP contribution in [-0.4, -0.2) is 51.9 Å². The Morgan fingerprint density at radius 1 is 0.744 bits per heavy atom. The van der Waals surface area contributed by atoms with E-state index in [4.69, 9.17) is 0 Å². The third kappa shape index (κ3) is 6.47. The van der Waals surface area contributed by atoms with E-state index in [0.717, 1.165) is 24.3 Å². The van der Waals surface area contributed by atoms with Crippen molar-refractivity contribution in [3.05, 3.63) is 90.0 Å². The lowest BCUT2D eigenvalue weighted by Crippen LogP contribution is -2.52. The zero-order chi connectivity index (χ0) is 28.4. The summed E-state index contributed by atoms with van der Waals surface area (Å²) in [7, 11) is -4.42. The number of benzene rings is 3. The van der Waals surface area contributed by atoms with Gasteiger partial charge in [0.05, 0.1) is 21.7 Å². The Morgan fingerprint density at radius 2 is 1.31 bits per heavy atom. The molecule has 1 fully saturated rings. The van der Waals surface area contributed by atoms with Crippen LogP contribution in [0.25, 0.3) is 0 Å². The zero-order valence-electron chi connectivity index (χ0n) is 20.3. The summed E-state index contributed by atoms with van der Waals surface area (Å²) in [6.45, 7) is -0.236. The molecule has 39 heavy (non-hydrogen) atoms. The van der Waals surface area contributed by atoms with Crippen molar-refractivity contribution < 1.29 is 39.6 Å². The Morgan fingerprint density at radius 3 is 1.90 bits per heavy atom. The van der Waals surface area contributed by atoms with Gasteiger partial charge in [0, 0.05) is 31.9 Å². The van der Waals surface area contributed by atoms with Crippen LogP contribution in [0.4, 0.5) is 37.7 Å². The van der Waals surface area contributed by atoms with Crippen LogP contribution in [0.15, 0.2) is 83.8 Å². The molecule has 0 spiro atoms. The summed E-state index contributed by atoms with van der Waals surface area (Å²) in [5, 5.41) is 0. The molecule has 1 aliphatic heterocycles. The number of anilines is 2. The highest BCUT2D eigenvalue weighted by atomic mass is 32.2. The SMILES string of the molecule is O=C(CN(c1cccc(C(F)(F)F)c1)S(=O)(=O)c1ccccc1)N1CCN(c2cccc(C(F)(F)F)c2)CC1. The fraction of sp³-hybridized carbons (Fsp3) is 0.269. The average molecular weight is 572 g/mol. The number of hydrogen-bond donors (Lipinski definition) is 0. The van der Waals surface area contributed by atoms with E-state index >= 15 is 0 Å². The van der Waals surface area contributed by atoms with Crippen LogP contribution in [0.2, 0.25) is 0 Å². The van der Waals surface area contributed by atoms with E-state index < -0.39 is 46.0 Å². The van der Waals surface area contributed by atoms with Crippen molar-refractivity contribution in [2.75, 3.05) is 41.9 Å². The number of carbonyl (C=O) groups excluding carboxylic acids is 1. The number of rotatable bonds is 6. The van der Waals surface area contributed by atoms with Gasteiger partial charge in [-0.15, -0.1) is 0 Å².